The van der Waals surface area contributed by atoms with Gasteiger partial charge in [0.15, 0.2) is 0 Å². The first-order chi connectivity index (χ1) is 19.1. The van der Waals surface area contributed by atoms with Crippen molar-refractivity contribution < 1.29 is 9.13 Å². The fraction of sp³-hybridized carbons (Fsp3) is 0.357. The smallest absolute Gasteiger partial charge is 0.202 e. The molecule has 3 fully saturated rings. The number of nitrogens with zero attached hydrogens (tertiary/aromatic N) is 6. The highest BCUT2D eigenvalue weighted by Gasteiger charge is 2.66. The molecular weight excluding hydrogens is 519 g/mol. The summed E-state index contributed by atoms with van der Waals surface area (Å²) in [5, 5.41) is 13.7. The van der Waals surface area contributed by atoms with E-state index in [4.69, 9.17) is 32.0 Å². The van der Waals surface area contributed by atoms with Gasteiger partial charge in [0.2, 0.25) is 5.65 Å². The standard InChI is InChI=1S/C28H26ClFN8O/c29-24-16(5-6-22-17(24)10-38(36-22)15-12-39-13-15)25-26-27(35-34-25)33-23(9-32-26)37-8-7-18-20(11-37)28(18,14-31)19-3-1-2-4-21(19)30/h1-6,9-10,15,18,20H,7-8,11-14,31H2,(H,33,34,35)/t18-,20+,28-/m1/s1. The lowest BCUT2D eigenvalue weighted by Crippen LogP contribution is -2.32. The number of anilines is 1. The van der Waals surface area contributed by atoms with E-state index < -0.39 is 0 Å². The van der Waals surface area contributed by atoms with Crippen molar-refractivity contribution in [3.05, 3.63) is 65.2 Å². The molecule has 0 unspecified atom stereocenters. The summed E-state index contributed by atoms with van der Waals surface area (Å²) in [5.74, 6) is 1.24. The van der Waals surface area contributed by atoms with Gasteiger partial charge in [0.05, 0.1) is 41.7 Å². The third kappa shape index (κ3) is 3.31. The minimum atomic E-state index is -0.314. The van der Waals surface area contributed by atoms with E-state index in [0.29, 0.717) is 41.9 Å². The molecule has 1 aliphatic carbocycles. The molecule has 5 aromatic rings. The minimum Gasteiger partial charge on any atom is -0.377 e. The lowest BCUT2D eigenvalue weighted by atomic mass is 9.91. The highest BCUT2D eigenvalue weighted by atomic mass is 35.5. The molecule has 3 aromatic heterocycles. The van der Waals surface area contributed by atoms with Gasteiger partial charge in [0.25, 0.3) is 0 Å². The van der Waals surface area contributed by atoms with Crippen molar-refractivity contribution in [2.45, 2.75) is 17.9 Å². The number of aromatic amines is 1. The third-order valence-electron chi connectivity index (χ3n) is 9.02. The summed E-state index contributed by atoms with van der Waals surface area (Å²) in [6.07, 6.45) is 4.69. The molecule has 8 rings (SSSR count). The van der Waals surface area contributed by atoms with E-state index >= 15 is 0 Å². The van der Waals surface area contributed by atoms with E-state index in [1.54, 1.807) is 12.3 Å². The second kappa shape index (κ2) is 8.45. The van der Waals surface area contributed by atoms with Gasteiger partial charge in [-0.2, -0.15) is 10.2 Å². The van der Waals surface area contributed by atoms with Crippen molar-refractivity contribution in [3.63, 3.8) is 0 Å². The van der Waals surface area contributed by atoms with Crippen LogP contribution in [0, 0.1) is 17.7 Å². The Labute approximate surface area is 228 Å². The van der Waals surface area contributed by atoms with Crippen molar-refractivity contribution in [1.29, 1.82) is 0 Å². The number of aromatic nitrogens is 6. The molecule has 5 heterocycles. The molecule has 9 nitrogen and oxygen atoms in total. The van der Waals surface area contributed by atoms with Crippen molar-refractivity contribution in [1.82, 2.24) is 29.9 Å². The van der Waals surface area contributed by atoms with Gasteiger partial charge < -0.3 is 15.4 Å². The molecule has 2 saturated heterocycles. The first-order valence-electron chi connectivity index (χ1n) is 13.2. The van der Waals surface area contributed by atoms with Crippen LogP contribution in [0.2, 0.25) is 5.02 Å². The molecule has 3 N–H and O–H groups in total. The summed E-state index contributed by atoms with van der Waals surface area (Å²) in [4.78, 5) is 11.8. The normalized spacial score (nSPS) is 24.7. The summed E-state index contributed by atoms with van der Waals surface area (Å²) in [7, 11) is 0. The maximum Gasteiger partial charge on any atom is 0.202 e. The largest absolute Gasteiger partial charge is 0.377 e. The Morgan fingerprint density at radius 2 is 2.05 bits per heavy atom. The molecule has 39 heavy (non-hydrogen) atoms. The maximum absolute atomic E-state index is 14.7. The van der Waals surface area contributed by atoms with E-state index in [-0.39, 0.29) is 23.2 Å². The number of nitrogens with two attached hydrogens (primary N) is 1. The van der Waals surface area contributed by atoms with E-state index in [1.807, 2.05) is 35.1 Å². The van der Waals surface area contributed by atoms with Crippen LogP contribution < -0.4 is 10.6 Å². The molecule has 0 bridgehead atoms. The lowest BCUT2D eigenvalue weighted by molar-refractivity contribution is -0.0283. The van der Waals surface area contributed by atoms with E-state index in [9.17, 15) is 4.39 Å². The minimum absolute atomic E-state index is 0.171. The summed E-state index contributed by atoms with van der Waals surface area (Å²) in [6, 6.07) is 11.2. The second-order valence-electron chi connectivity index (χ2n) is 10.8. The SMILES string of the molecule is NC[C@]1(c2ccccc2F)[C@@H]2CCN(c3cnc4c(-c5ccc6nn(C7COC7)cc6c5Cl)[nH]nc4n3)C[C@@H]21. The van der Waals surface area contributed by atoms with Crippen LogP contribution in [0.5, 0.6) is 0 Å². The van der Waals surface area contributed by atoms with Crippen LogP contribution >= 0.6 is 11.6 Å². The van der Waals surface area contributed by atoms with Crippen molar-refractivity contribution in [2.24, 2.45) is 17.6 Å². The van der Waals surface area contributed by atoms with E-state index in [1.165, 1.54) is 6.07 Å². The zero-order chi connectivity index (χ0) is 26.3. The van der Waals surface area contributed by atoms with Crippen LogP contribution in [0.1, 0.15) is 18.0 Å². The molecule has 11 heteroatoms. The Morgan fingerprint density at radius 1 is 1.18 bits per heavy atom. The lowest BCUT2D eigenvalue weighted by Gasteiger charge is -2.26. The summed E-state index contributed by atoms with van der Waals surface area (Å²) in [5.41, 5.74) is 10.2. The molecule has 0 spiro atoms. The molecule has 0 amide bonds. The van der Waals surface area contributed by atoms with Gasteiger partial charge in [-0.1, -0.05) is 29.8 Å². The van der Waals surface area contributed by atoms with Gasteiger partial charge >= 0.3 is 0 Å². The number of fused-ring (bicyclic) bond motifs is 3. The van der Waals surface area contributed by atoms with Crippen LogP contribution in [0.3, 0.4) is 0 Å². The molecule has 198 valence electrons. The Morgan fingerprint density at radius 3 is 2.85 bits per heavy atom. The molecule has 0 radical (unpaired) electrons. The average molecular weight is 545 g/mol. The van der Waals surface area contributed by atoms with E-state index in [0.717, 1.165) is 53.1 Å². The maximum atomic E-state index is 14.7. The number of H-pyrrole nitrogens is 1. The van der Waals surface area contributed by atoms with Gasteiger partial charge in [0, 0.05) is 42.2 Å². The topological polar surface area (TPSA) is 111 Å². The first-order valence-corrected chi connectivity index (χ1v) is 13.6. The third-order valence-corrected chi connectivity index (χ3v) is 9.43. The van der Waals surface area contributed by atoms with Gasteiger partial charge in [-0.25, -0.2) is 14.4 Å². The zero-order valence-electron chi connectivity index (χ0n) is 21.0. The van der Waals surface area contributed by atoms with Crippen molar-refractivity contribution in [3.8, 4) is 11.3 Å². The van der Waals surface area contributed by atoms with Crippen LogP contribution in [0.15, 0.2) is 48.8 Å². The number of benzene rings is 2. The second-order valence-corrected chi connectivity index (χ2v) is 11.2. The number of nitrogens with one attached hydrogen (secondary N) is 1. The number of halogens is 2. The molecule has 1 saturated carbocycles. The fourth-order valence-electron chi connectivity index (χ4n) is 6.80. The monoisotopic (exact) mass is 544 g/mol. The van der Waals surface area contributed by atoms with Gasteiger partial charge in [-0.05, 0) is 42.0 Å². The number of ether oxygens (including phenoxy) is 1. The number of hydrogen-bond donors (Lipinski definition) is 2. The molecule has 3 atom stereocenters. The fourth-order valence-corrected chi connectivity index (χ4v) is 7.10. The van der Waals surface area contributed by atoms with E-state index in [2.05, 4.69) is 20.2 Å². The van der Waals surface area contributed by atoms with Crippen molar-refractivity contribution >= 4 is 39.5 Å². The first kappa shape index (κ1) is 23.3. The molecule has 2 aromatic carbocycles. The number of piperidine rings is 1. The molecular formula is C28H26ClFN8O. The van der Waals surface area contributed by atoms with Gasteiger partial charge in [-0.15, -0.1) is 0 Å². The average Bonchev–Trinajstić information content (AvgIpc) is 3.18. The van der Waals surface area contributed by atoms with Crippen LogP contribution in [-0.4, -0.2) is 62.8 Å². The number of rotatable bonds is 5. The van der Waals surface area contributed by atoms with Crippen LogP contribution in [-0.2, 0) is 10.2 Å². The van der Waals surface area contributed by atoms with Gasteiger partial charge in [0.1, 0.15) is 17.2 Å². The predicted octanol–water partition coefficient (Wildman–Crippen LogP) is 4.09. The highest BCUT2D eigenvalue weighted by Crippen LogP contribution is 2.63. The Bertz CT molecular complexity index is 1750. The highest BCUT2D eigenvalue weighted by molar-refractivity contribution is 6.38. The quantitative estimate of drug-likeness (QED) is 0.343. The Kier molecular flexibility index (Phi) is 5.05. The molecule has 3 aliphatic rings. The Hall–Kier alpha value is -3.60. The summed E-state index contributed by atoms with van der Waals surface area (Å²) >= 11 is 6.86. The van der Waals surface area contributed by atoms with Crippen molar-refractivity contribution in [2.75, 3.05) is 37.7 Å². The molecule has 2 aliphatic heterocycles. The van der Waals surface area contributed by atoms with Crippen LogP contribution in [0.25, 0.3) is 33.3 Å². The predicted molar refractivity (Wildman–Crippen MR) is 146 cm³/mol. The summed E-state index contributed by atoms with van der Waals surface area (Å²) in [6.45, 7) is 3.33. The van der Waals surface area contributed by atoms with Crippen LogP contribution in [0.4, 0.5) is 10.2 Å². The number of hydrogen-bond acceptors (Lipinski definition) is 7. The zero-order valence-corrected chi connectivity index (χ0v) is 21.8. The Balaban J connectivity index is 1.09. The summed E-state index contributed by atoms with van der Waals surface area (Å²) < 4.78 is 22.0. The van der Waals surface area contributed by atoms with Gasteiger partial charge in [-0.3, -0.25) is 9.78 Å².